The van der Waals surface area contributed by atoms with Gasteiger partial charge in [-0.25, -0.2) is 4.98 Å². The van der Waals surface area contributed by atoms with Crippen molar-refractivity contribution in [3.63, 3.8) is 0 Å². The molecule has 0 bridgehead atoms. The Hall–Kier alpha value is -1.58. The van der Waals surface area contributed by atoms with Crippen molar-refractivity contribution in [3.8, 4) is 0 Å². The third-order valence-corrected chi connectivity index (χ3v) is 2.93. The number of nitrogens with zero attached hydrogens (tertiary/aromatic N) is 2. The molecular weight excluding hydrogens is 214 g/mol. The van der Waals surface area contributed by atoms with Gasteiger partial charge < -0.3 is 10.6 Å². The first-order valence-electron chi connectivity index (χ1n) is 6.09. The van der Waals surface area contributed by atoms with Gasteiger partial charge in [0.15, 0.2) is 0 Å². The maximum Gasteiger partial charge on any atom is 0.254 e. The molecule has 0 fully saturated rings. The summed E-state index contributed by atoms with van der Waals surface area (Å²) in [5, 5.41) is 0. The van der Waals surface area contributed by atoms with Crippen LogP contribution in [0, 0.1) is 5.92 Å². The zero-order valence-electron chi connectivity index (χ0n) is 10.8. The molecule has 0 aliphatic heterocycles. The predicted octanol–water partition coefficient (Wildman–Crippen LogP) is 2.17. The normalized spacial score (nSPS) is 12.2. The summed E-state index contributed by atoms with van der Waals surface area (Å²) in [6.07, 6.45) is 2.64. The summed E-state index contributed by atoms with van der Waals surface area (Å²) < 4.78 is 0. The summed E-state index contributed by atoms with van der Waals surface area (Å²) in [5.74, 6) is 0.926. The van der Waals surface area contributed by atoms with E-state index in [1.54, 1.807) is 18.3 Å². The molecule has 2 N–H and O–H groups in total. The maximum absolute atomic E-state index is 12.2. The lowest BCUT2D eigenvalue weighted by atomic mass is 10.1. The van der Waals surface area contributed by atoms with Crippen LogP contribution in [0.1, 0.15) is 37.6 Å². The first kappa shape index (κ1) is 13.5. The minimum atomic E-state index is 0.0295. The fourth-order valence-corrected chi connectivity index (χ4v) is 1.62. The van der Waals surface area contributed by atoms with Crippen molar-refractivity contribution >= 4 is 11.7 Å². The topological polar surface area (TPSA) is 59.2 Å². The third-order valence-electron chi connectivity index (χ3n) is 2.93. The summed E-state index contributed by atoms with van der Waals surface area (Å²) >= 11 is 0. The van der Waals surface area contributed by atoms with Gasteiger partial charge in [-0.15, -0.1) is 0 Å². The van der Waals surface area contributed by atoms with E-state index in [-0.39, 0.29) is 5.91 Å². The Morgan fingerprint density at radius 1 is 1.53 bits per heavy atom. The van der Waals surface area contributed by atoms with Crippen LogP contribution in [-0.4, -0.2) is 28.9 Å². The zero-order valence-corrected chi connectivity index (χ0v) is 10.8. The number of hydrogen-bond donors (Lipinski definition) is 1. The molecule has 0 saturated heterocycles. The molecule has 1 aromatic heterocycles. The van der Waals surface area contributed by atoms with Crippen molar-refractivity contribution < 1.29 is 4.79 Å². The summed E-state index contributed by atoms with van der Waals surface area (Å²) in [4.78, 5) is 18.0. The van der Waals surface area contributed by atoms with Crippen molar-refractivity contribution in [1.82, 2.24) is 9.88 Å². The zero-order chi connectivity index (χ0) is 12.8. The van der Waals surface area contributed by atoms with Gasteiger partial charge >= 0.3 is 0 Å². The largest absolute Gasteiger partial charge is 0.384 e. The van der Waals surface area contributed by atoms with Gasteiger partial charge in [0, 0.05) is 24.8 Å². The van der Waals surface area contributed by atoms with Crippen LogP contribution in [0.2, 0.25) is 0 Å². The molecule has 17 heavy (non-hydrogen) atoms. The van der Waals surface area contributed by atoms with Crippen LogP contribution in [-0.2, 0) is 0 Å². The molecular formula is C13H21N3O. The molecule has 0 aliphatic carbocycles. The molecule has 0 aliphatic rings. The number of nitrogens with two attached hydrogens (primary N) is 1. The van der Waals surface area contributed by atoms with E-state index in [0.717, 1.165) is 13.0 Å². The van der Waals surface area contributed by atoms with Crippen molar-refractivity contribution in [1.29, 1.82) is 0 Å². The van der Waals surface area contributed by atoms with Crippen LogP contribution in [0.25, 0.3) is 0 Å². The number of rotatable bonds is 5. The van der Waals surface area contributed by atoms with E-state index in [0.29, 0.717) is 23.8 Å². The smallest absolute Gasteiger partial charge is 0.254 e. The lowest BCUT2D eigenvalue weighted by Gasteiger charge is -2.24. The number of nitrogen functional groups attached to an aromatic ring is 1. The Labute approximate surface area is 103 Å². The molecule has 1 unspecified atom stereocenters. The van der Waals surface area contributed by atoms with Crippen LogP contribution in [0.15, 0.2) is 18.3 Å². The van der Waals surface area contributed by atoms with Crippen molar-refractivity contribution in [2.75, 3.05) is 18.8 Å². The second kappa shape index (κ2) is 6.23. The second-order valence-corrected chi connectivity index (χ2v) is 4.33. The van der Waals surface area contributed by atoms with Crippen LogP contribution in [0.4, 0.5) is 5.82 Å². The predicted molar refractivity (Wildman–Crippen MR) is 69.7 cm³/mol. The van der Waals surface area contributed by atoms with Crippen LogP contribution < -0.4 is 5.73 Å². The van der Waals surface area contributed by atoms with Gasteiger partial charge in [0.1, 0.15) is 5.82 Å². The highest BCUT2D eigenvalue weighted by Gasteiger charge is 2.16. The summed E-state index contributed by atoms with van der Waals surface area (Å²) in [7, 11) is 0. The fraction of sp³-hybridized carbons (Fsp3) is 0.538. The molecule has 1 amide bonds. The van der Waals surface area contributed by atoms with E-state index in [1.807, 2.05) is 11.8 Å². The molecule has 0 aromatic carbocycles. The molecule has 0 spiro atoms. The lowest BCUT2D eigenvalue weighted by molar-refractivity contribution is 0.0741. The van der Waals surface area contributed by atoms with Gasteiger partial charge in [-0.05, 0) is 25.0 Å². The molecule has 1 heterocycles. The highest BCUT2D eigenvalue weighted by atomic mass is 16.2. The number of carbonyl (C=O) groups is 1. The highest BCUT2D eigenvalue weighted by molar-refractivity contribution is 5.94. The fourth-order valence-electron chi connectivity index (χ4n) is 1.62. The standard InChI is InChI=1S/C13H21N3O/c1-4-10(3)9-16(5-2)13(17)11-6-7-15-12(14)8-11/h6-8,10H,4-5,9H2,1-3H3,(H2,14,15). The van der Waals surface area contributed by atoms with Gasteiger partial charge in [-0.2, -0.15) is 0 Å². The molecule has 0 saturated carbocycles. The monoisotopic (exact) mass is 235 g/mol. The van der Waals surface area contributed by atoms with Crippen molar-refractivity contribution in [2.45, 2.75) is 27.2 Å². The van der Waals surface area contributed by atoms with Gasteiger partial charge in [-0.3, -0.25) is 4.79 Å². The first-order chi connectivity index (χ1) is 8.08. The Bertz CT molecular complexity index is 379. The Balaban J connectivity index is 2.79. The number of carbonyl (C=O) groups excluding carboxylic acids is 1. The highest BCUT2D eigenvalue weighted by Crippen LogP contribution is 2.10. The molecule has 1 rings (SSSR count). The van der Waals surface area contributed by atoms with Gasteiger partial charge in [0.2, 0.25) is 0 Å². The number of aromatic nitrogens is 1. The van der Waals surface area contributed by atoms with Crippen LogP contribution >= 0.6 is 0 Å². The minimum absolute atomic E-state index is 0.0295. The summed E-state index contributed by atoms with van der Waals surface area (Å²) in [5.41, 5.74) is 6.20. The Morgan fingerprint density at radius 2 is 2.24 bits per heavy atom. The van der Waals surface area contributed by atoms with Gasteiger partial charge in [0.25, 0.3) is 5.91 Å². The van der Waals surface area contributed by atoms with Gasteiger partial charge in [0.05, 0.1) is 0 Å². The Kier molecular flexibility index (Phi) is 4.94. The molecule has 1 atom stereocenters. The molecule has 94 valence electrons. The van der Waals surface area contributed by atoms with Gasteiger partial charge in [-0.1, -0.05) is 20.3 Å². The quantitative estimate of drug-likeness (QED) is 0.851. The number of anilines is 1. The summed E-state index contributed by atoms with van der Waals surface area (Å²) in [6, 6.07) is 3.33. The van der Waals surface area contributed by atoms with E-state index < -0.39 is 0 Å². The molecule has 4 nitrogen and oxygen atoms in total. The molecule has 1 aromatic rings. The molecule has 0 radical (unpaired) electrons. The molecule has 4 heteroatoms. The number of pyridine rings is 1. The van der Waals surface area contributed by atoms with E-state index >= 15 is 0 Å². The average Bonchev–Trinajstić information content (AvgIpc) is 2.34. The van der Waals surface area contributed by atoms with Crippen molar-refractivity contribution in [3.05, 3.63) is 23.9 Å². The first-order valence-corrected chi connectivity index (χ1v) is 6.09. The van der Waals surface area contributed by atoms with Crippen LogP contribution in [0.3, 0.4) is 0 Å². The van der Waals surface area contributed by atoms with Crippen molar-refractivity contribution in [2.24, 2.45) is 5.92 Å². The van der Waals surface area contributed by atoms with E-state index in [1.165, 1.54) is 0 Å². The Morgan fingerprint density at radius 3 is 2.76 bits per heavy atom. The second-order valence-electron chi connectivity index (χ2n) is 4.33. The van der Waals surface area contributed by atoms with E-state index in [2.05, 4.69) is 18.8 Å². The van der Waals surface area contributed by atoms with E-state index in [9.17, 15) is 4.79 Å². The number of amides is 1. The minimum Gasteiger partial charge on any atom is -0.384 e. The maximum atomic E-state index is 12.2. The summed E-state index contributed by atoms with van der Waals surface area (Å²) in [6.45, 7) is 7.77. The van der Waals surface area contributed by atoms with Crippen LogP contribution in [0.5, 0.6) is 0 Å². The lowest BCUT2D eigenvalue weighted by Crippen LogP contribution is -2.34. The third kappa shape index (κ3) is 3.73. The van der Waals surface area contributed by atoms with E-state index in [4.69, 9.17) is 5.73 Å². The average molecular weight is 235 g/mol. The number of hydrogen-bond acceptors (Lipinski definition) is 3. The SMILES string of the molecule is CCC(C)CN(CC)C(=O)c1ccnc(N)c1.